The molecule has 6 heteroatoms. The molecule has 142 valence electrons. The van der Waals surface area contributed by atoms with Gasteiger partial charge in [0.15, 0.2) is 11.2 Å². The molecule has 0 aromatic heterocycles. The molecular formula is C21H25N3O2S. The lowest BCUT2D eigenvalue weighted by molar-refractivity contribution is -0.127. The van der Waals surface area contributed by atoms with Gasteiger partial charge in [0.25, 0.3) is 5.91 Å². The summed E-state index contributed by atoms with van der Waals surface area (Å²) >= 11 is 5.67. The molecule has 0 saturated heterocycles. The van der Waals surface area contributed by atoms with Gasteiger partial charge < -0.3 is 20.3 Å². The zero-order valence-electron chi connectivity index (χ0n) is 15.7. The molecule has 0 radical (unpaired) electrons. The predicted molar refractivity (Wildman–Crippen MR) is 114 cm³/mol. The molecule has 5 nitrogen and oxygen atoms in total. The second kappa shape index (κ2) is 8.86. The number of nitrogens with zero attached hydrogens (tertiary/aromatic N) is 1. The van der Waals surface area contributed by atoms with Gasteiger partial charge in [-0.1, -0.05) is 38.1 Å². The maximum atomic E-state index is 12.5. The van der Waals surface area contributed by atoms with Crippen LogP contribution in [-0.2, 0) is 11.2 Å². The Morgan fingerprint density at radius 1 is 1.22 bits per heavy atom. The van der Waals surface area contributed by atoms with E-state index in [4.69, 9.17) is 17.0 Å². The lowest BCUT2D eigenvalue weighted by atomic mass is 10.1. The lowest BCUT2D eigenvalue weighted by Crippen LogP contribution is -2.51. The Labute approximate surface area is 165 Å². The molecule has 0 fully saturated rings. The Hall–Kier alpha value is -2.60. The van der Waals surface area contributed by atoms with Crippen molar-refractivity contribution in [2.75, 3.05) is 23.3 Å². The Kier molecular flexibility index (Phi) is 6.29. The van der Waals surface area contributed by atoms with Crippen molar-refractivity contribution < 1.29 is 9.53 Å². The van der Waals surface area contributed by atoms with Crippen LogP contribution in [0.2, 0.25) is 0 Å². The quantitative estimate of drug-likeness (QED) is 0.771. The number of rotatable bonds is 5. The number of benzene rings is 2. The van der Waals surface area contributed by atoms with E-state index in [1.165, 1.54) is 5.56 Å². The SMILES string of the molecule is CCCNC(=O)[C@H]1CN(C(=S)Nc2cccc(CC)c2)c2ccccc2O1. The first-order valence-electron chi connectivity index (χ1n) is 9.33. The molecule has 0 spiro atoms. The fourth-order valence-corrected chi connectivity index (χ4v) is 3.28. The van der Waals surface area contributed by atoms with Gasteiger partial charge in [0, 0.05) is 12.2 Å². The number of hydrogen-bond acceptors (Lipinski definition) is 3. The molecule has 1 aliphatic heterocycles. The van der Waals surface area contributed by atoms with Crippen LogP contribution in [0.3, 0.4) is 0 Å². The number of aryl methyl sites for hydroxylation is 1. The predicted octanol–water partition coefficient (Wildman–Crippen LogP) is 3.74. The summed E-state index contributed by atoms with van der Waals surface area (Å²) in [5, 5.41) is 6.75. The van der Waals surface area contributed by atoms with Gasteiger partial charge in [-0.25, -0.2) is 0 Å². The minimum Gasteiger partial charge on any atom is -0.477 e. The first-order valence-corrected chi connectivity index (χ1v) is 9.74. The summed E-state index contributed by atoms with van der Waals surface area (Å²) < 4.78 is 5.92. The second-order valence-corrected chi connectivity index (χ2v) is 6.85. The number of carbonyl (C=O) groups is 1. The fourth-order valence-electron chi connectivity index (χ4n) is 2.99. The largest absolute Gasteiger partial charge is 0.477 e. The van der Waals surface area contributed by atoms with Crippen molar-refractivity contribution in [2.45, 2.75) is 32.8 Å². The second-order valence-electron chi connectivity index (χ2n) is 6.46. The molecule has 0 aliphatic carbocycles. The van der Waals surface area contributed by atoms with Crippen LogP contribution in [0.4, 0.5) is 11.4 Å². The molecule has 2 N–H and O–H groups in total. The minimum absolute atomic E-state index is 0.118. The summed E-state index contributed by atoms with van der Waals surface area (Å²) in [6.45, 7) is 5.14. The smallest absolute Gasteiger partial charge is 0.262 e. The van der Waals surface area contributed by atoms with E-state index in [1.54, 1.807) is 0 Å². The number of nitrogens with one attached hydrogen (secondary N) is 2. The van der Waals surface area contributed by atoms with E-state index in [2.05, 4.69) is 29.7 Å². The molecule has 1 heterocycles. The first-order chi connectivity index (χ1) is 13.1. The Morgan fingerprint density at radius 3 is 2.81 bits per heavy atom. The third-order valence-electron chi connectivity index (χ3n) is 4.45. The first kappa shape index (κ1) is 19.2. The van der Waals surface area contributed by atoms with Crippen LogP contribution in [0.15, 0.2) is 48.5 Å². The van der Waals surface area contributed by atoms with Gasteiger partial charge in [0.05, 0.1) is 12.2 Å². The van der Waals surface area contributed by atoms with E-state index in [9.17, 15) is 4.79 Å². The maximum Gasteiger partial charge on any atom is 0.262 e. The van der Waals surface area contributed by atoms with Gasteiger partial charge in [-0.3, -0.25) is 4.79 Å². The van der Waals surface area contributed by atoms with Crippen molar-refractivity contribution in [3.05, 3.63) is 54.1 Å². The molecular weight excluding hydrogens is 358 g/mol. The van der Waals surface area contributed by atoms with Crippen LogP contribution in [0.1, 0.15) is 25.8 Å². The van der Waals surface area contributed by atoms with Crippen molar-refractivity contribution in [3.8, 4) is 5.75 Å². The number of thiocarbonyl (C=S) groups is 1. The van der Waals surface area contributed by atoms with Gasteiger partial charge in [-0.15, -0.1) is 0 Å². The molecule has 27 heavy (non-hydrogen) atoms. The van der Waals surface area contributed by atoms with E-state index in [-0.39, 0.29) is 5.91 Å². The number of fused-ring (bicyclic) bond motifs is 1. The molecule has 1 atom stereocenters. The zero-order chi connectivity index (χ0) is 19.2. The highest BCUT2D eigenvalue weighted by molar-refractivity contribution is 7.80. The average molecular weight is 384 g/mol. The Balaban J connectivity index is 1.81. The van der Waals surface area contributed by atoms with Gasteiger partial charge in [0.2, 0.25) is 0 Å². The summed E-state index contributed by atoms with van der Waals surface area (Å²) in [6.07, 6.45) is 1.24. The summed E-state index contributed by atoms with van der Waals surface area (Å²) in [6, 6.07) is 15.8. The monoisotopic (exact) mass is 383 g/mol. The maximum absolute atomic E-state index is 12.5. The van der Waals surface area contributed by atoms with Crippen LogP contribution in [-0.4, -0.2) is 30.2 Å². The van der Waals surface area contributed by atoms with Crippen molar-refractivity contribution >= 4 is 34.6 Å². The number of hydrogen-bond donors (Lipinski definition) is 2. The highest BCUT2D eigenvalue weighted by atomic mass is 32.1. The van der Waals surface area contributed by atoms with Crippen LogP contribution in [0, 0.1) is 0 Å². The van der Waals surface area contributed by atoms with E-state index < -0.39 is 6.10 Å². The average Bonchev–Trinajstić information content (AvgIpc) is 2.71. The highest BCUT2D eigenvalue weighted by Crippen LogP contribution is 2.33. The van der Waals surface area contributed by atoms with Crippen molar-refractivity contribution in [1.29, 1.82) is 0 Å². The Bertz CT molecular complexity index is 825. The third-order valence-corrected chi connectivity index (χ3v) is 4.77. The lowest BCUT2D eigenvalue weighted by Gasteiger charge is -2.35. The van der Waals surface area contributed by atoms with Crippen LogP contribution >= 0.6 is 12.2 Å². The van der Waals surface area contributed by atoms with Gasteiger partial charge in [0.1, 0.15) is 5.75 Å². The standard InChI is InChI=1S/C21H25N3O2S/c1-3-12-22-20(25)19-14-24(17-10-5-6-11-18(17)26-19)21(27)23-16-9-7-8-15(4-2)13-16/h5-11,13,19H,3-4,12,14H2,1-2H3,(H,22,25)(H,23,27)/t19-/m1/s1. The molecule has 1 amide bonds. The van der Waals surface area contributed by atoms with E-state index in [1.807, 2.05) is 48.2 Å². The number of para-hydroxylation sites is 2. The van der Waals surface area contributed by atoms with Gasteiger partial charge in [-0.05, 0) is 54.9 Å². The number of ether oxygens (including phenoxy) is 1. The van der Waals surface area contributed by atoms with Crippen molar-refractivity contribution in [3.63, 3.8) is 0 Å². The summed E-state index contributed by atoms with van der Waals surface area (Å²) in [7, 11) is 0. The third kappa shape index (κ3) is 4.57. The van der Waals surface area contributed by atoms with Gasteiger partial charge in [-0.2, -0.15) is 0 Å². The highest BCUT2D eigenvalue weighted by Gasteiger charge is 2.32. The fraction of sp³-hybridized carbons (Fsp3) is 0.333. The molecule has 0 bridgehead atoms. The number of amides is 1. The van der Waals surface area contributed by atoms with E-state index >= 15 is 0 Å². The zero-order valence-corrected chi connectivity index (χ0v) is 16.5. The summed E-state index contributed by atoms with van der Waals surface area (Å²) in [4.78, 5) is 14.4. The number of carbonyl (C=O) groups excluding carboxylic acids is 1. The normalized spacial score (nSPS) is 15.5. The topological polar surface area (TPSA) is 53.6 Å². The van der Waals surface area contributed by atoms with Crippen LogP contribution < -0.4 is 20.3 Å². The van der Waals surface area contributed by atoms with Crippen molar-refractivity contribution in [1.82, 2.24) is 5.32 Å². The molecule has 2 aromatic rings. The number of anilines is 2. The van der Waals surface area contributed by atoms with Crippen LogP contribution in [0.25, 0.3) is 0 Å². The summed E-state index contributed by atoms with van der Waals surface area (Å²) in [5.74, 6) is 0.541. The Morgan fingerprint density at radius 2 is 2.04 bits per heavy atom. The van der Waals surface area contributed by atoms with E-state index in [0.29, 0.717) is 24.0 Å². The van der Waals surface area contributed by atoms with Crippen LogP contribution in [0.5, 0.6) is 5.75 Å². The molecule has 1 aliphatic rings. The molecule has 0 unspecified atom stereocenters. The molecule has 3 rings (SSSR count). The molecule has 0 saturated carbocycles. The van der Waals surface area contributed by atoms with Gasteiger partial charge >= 0.3 is 0 Å². The van der Waals surface area contributed by atoms with E-state index in [0.717, 1.165) is 24.2 Å². The van der Waals surface area contributed by atoms with Crippen molar-refractivity contribution in [2.24, 2.45) is 0 Å². The minimum atomic E-state index is -0.604. The summed E-state index contributed by atoms with van der Waals surface area (Å²) in [5.41, 5.74) is 3.04. The molecule has 2 aromatic carbocycles.